The highest BCUT2D eigenvalue weighted by molar-refractivity contribution is 5.85. The Morgan fingerprint density at radius 3 is 2.41 bits per heavy atom. The van der Waals surface area contributed by atoms with Crippen LogP contribution in [0.1, 0.15) is 0 Å². The third-order valence-electron chi connectivity index (χ3n) is 5.26. The molecule has 166 valence electrons. The summed E-state index contributed by atoms with van der Waals surface area (Å²) in [7, 11) is 0. The third-order valence-corrected chi connectivity index (χ3v) is 5.26. The van der Waals surface area contributed by atoms with Crippen molar-refractivity contribution in [1.82, 2.24) is 14.4 Å². The highest BCUT2D eigenvalue weighted by atomic mass is 35.5. The minimum atomic E-state index is -0.756. The standard InChI is InChI=1S/C22H19F2N5O2.ClH/c23-16-2-1-3-17(24)18(16)21-27-20(19-22(30)25-8-9-29(19)21)26-14-4-6-15(7-5-14)28-10-12-31-13-11-28;/h1-9,26H,10-13H2,(H,25,30);1H. The summed E-state index contributed by atoms with van der Waals surface area (Å²) in [6.45, 7) is 3.04. The fourth-order valence-electron chi connectivity index (χ4n) is 3.74. The van der Waals surface area contributed by atoms with Crippen LogP contribution in [-0.4, -0.2) is 40.7 Å². The molecule has 3 heterocycles. The van der Waals surface area contributed by atoms with E-state index in [2.05, 4.69) is 20.2 Å². The highest BCUT2D eigenvalue weighted by Crippen LogP contribution is 2.30. The van der Waals surface area contributed by atoms with Crippen LogP contribution in [-0.2, 0) is 4.74 Å². The van der Waals surface area contributed by atoms with E-state index >= 15 is 0 Å². The summed E-state index contributed by atoms with van der Waals surface area (Å²) >= 11 is 0. The molecule has 2 N–H and O–H groups in total. The predicted molar refractivity (Wildman–Crippen MR) is 121 cm³/mol. The van der Waals surface area contributed by atoms with E-state index in [9.17, 15) is 13.6 Å². The van der Waals surface area contributed by atoms with Crippen molar-refractivity contribution in [3.63, 3.8) is 0 Å². The van der Waals surface area contributed by atoms with Gasteiger partial charge in [0, 0.05) is 36.9 Å². The van der Waals surface area contributed by atoms with Crippen LogP contribution in [0.2, 0.25) is 0 Å². The molecule has 2 aromatic carbocycles. The number of morpholine rings is 1. The van der Waals surface area contributed by atoms with E-state index in [1.807, 2.05) is 24.3 Å². The predicted octanol–water partition coefficient (Wildman–Crippen LogP) is 3.97. The summed E-state index contributed by atoms with van der Waals surface area (Å²) in [4.78, 5) is 21.7. The molecule has 0 atom stereocenters. The quantitative estimate of drug-likeness (QED) is 0.483. The Bertz CT molecular complexity index is 1280. The van der Waals surface area contributed by atoms with Crippen molar-refractivity contribution in [3.05, 3.63) is 76.8 Å². The lowest BCUT2D eigenvalue weighted by molar-refractivity contribution is 0.122. The summed E-state index contributed by atoms with van der Waals surface area (Å²) in [5.41, 5.74) is 1.21. The van der Waals surface area contributed by atoms with Gasteiger partial charge < -0.3 is 19.9 Å². The summed E-state index contributed by atoms with van der Waals surface area (Å²) < 4.78 is 35.6. The number of H-pyrrole nitrogens is 1. The van der Waals surface area contributed by atoms with Crippen molar-refractivity contribution in [3.8, 4) is 11.4 Å². The number of benzene rings is 2. The number of imidazole rings is 1. The molecule has 1 saturated heterocycles. The van der Waals surface area contributed by atoms with Gasteiger partial charge in [-0.2, -0.15) is 0 Å². The number of anilines is 3. The summed E-state index contributed by atoms with van der Waals surface area (Å²) in [5.74, 6) is -1.30. The molecule has 0 saturated carbocycles. The SMILES string of the molecule is Cl.O=c1[nH]ccn2c(-c3c(F)cccc3F)nc(Nc3ccc(N4CCOCC4)cc3)c12. The van der Waals surface area contributed by atoms with Gasteiger partial charge in [-0.15, -0.1) is 12.4 Å². The lowest BCUT2D eigenvalue weighted by Gasteiger charge is -2.28. The van der Waals surface area contributed by atoms with Gasteiger partial charge in [-0.3, -0.25) is 9.20 Å². The molecule has 10 heteroatoms. The fraction of sp³-hybridized carbons (Fsp3) is 0.182. The Balaban J connectivity index is 0.00000245. The average Bonchev–Trinajstić information content (AvgIpc) is 3.14. The number of nitrogens with one attached hydrogen (secondary N) is 2. The molecule has 1 aliphatic heterocycles. The van der Waals surface area contributed by atoms with Gasteiger partial charge in [0.1, 0.15) is 11.6 Å². The zero-order valence-electron chi connectivity index (χ0n) is 16.8. The first-order valence-electron chi connectivity index (χ1n) is 9.86. The fourth-order valence-corrected chi connectivity index (χ4v) is 3.74. The minimum Gasteiger partial charge on any atom is -0.378 e. The molecule has 0 unspecified atom stereocenters. The van der Waals surface area contributed by atoms with Crippen molar-refractivity contribution in [2.75, 3.05) is 36.5 Å². The van der Waals surface area contributed by atoms with E-state index in [1.165, 1.54) is 22.9 Å². The summed E-state index contributed by atoms with van der Waals surface area (Å²) in [6, 6.07) is 11.3. The Hall–Kier alpha value is -3.43. The highest BCUT2D eigenvalue weighted by Gasteiger charge is 2.21. The van der Waals surface area contributed by atoms with E-state index in [4.69, 9.17) is 4.74 Å². The Morgan fingerprint density at radius 1 is 1.03 bits per heavy atom. The molecular formula is C22H20ClF2N5O2. The number of aromatic nitrogens is 3. The van der Waals surface area contributed by atoms with E-state index in [0.29, 0.717) is 18.9 Å². The second-order valence-corrected chi connectivity index (χ2v) is 7.16. The minimum absolute atomic E-state index is 0. The lowest BCUT2D eigenvalue weighted by Crippen LogP contribution is -2.36. The average molecular weight is 460 g/mol. The van der Waals surface area contributed by atoms with Gasteiger partial charge in [0.05, 0.1) is 18.8 Å². The number of nitrogens with zero attached hydrogens (tertiary/aromatic N) is 3. The Kier molecular flexibility index (Phi) is 6.11. The van der Waals surface area contributed by atoms with E-state index in [0.717, 1.165) is 30.9 Å². The maximum Gasteiger partial charge on any atom is 0.276 e. The van der Waals surface area contributed by atoms with Crippen LogP contribution in [0.25, 0.3) is 16.9 Å². The topological polar surface area (TPSA) is 74.7 Å². The van der Waals surface area contributed by atoms with Crippen LogP contribution in [0, 0.1) is 11.6 Å². The molecule has 32 heavy (non-hydrogen) atoms. The summed E-state index contributed by atoms with van der Waals surface area (Å²) in [6.07, 6.45) is 2.91. The lowest BCUT2D eigenvalue weighted by atomic mass is 10.2. The second kappa shape index (κ2) is 8.97. The normalized spacial score (nSPS) is 13.8. The zero-order valence-corrected chi connectivity index (χ0v) is 17.7. The molecule has 0 bridgehead atoms. The number of ether oxygens (including phenoxy) is 1. The van der Waals surface area contributed by atoms with E-state index in [1.54, 1.807) is 0 Å². The summed E-state index contributed by atoms with van der Waals surface area (Å²) in [5, 5.41) is 3.11. The van der Waals surface area contributed by atoms with Crippen molar-refractivity contribution < 1.29 is 13.5 Å². The van der Waals surface area contributed by atoms with Crippen molar-refractivity contribution in [2.45, 2.75) is 0 Å². The van der Waals surface area contributed by atoms with Crippen LogP contribution >= 0.6 is 12.4 Å². The number of aromatic amines is 1. The molecule has 1 fully saturated rings. The number of halogens is 3. The van der Waals surface area contributed by atoms with Crippen molar-refractivity contribution >= 4 is 35.1 Å². The van der Waals surface area contributed by atoms with Gasteiger partial charge in [-0.25, -0.2) is 13.8 Å². The molecular weight excluding hydrogens is 440 g/mol. The molecule has 0 amide bonds. The number of rotatable bonds is 4. The van der Waals surface area contributed by atoms with Gasteiger partial charge in [-0.05, 0) is 36.4 Å². The largest absolute Gasteiger partial charge is 0.378 e. The van der Waals surface area contributed by atoms with Gasteiger partial charge in [-0.1, -0.05) is 6.07 Å². The molecule has 2 aromatic heterocycles. The van der Waals surface area contributed by atoms with Crippen molar-refractivity contribution in [2.24, 2.45) is 0 Å². The molecule has 4 aromatic rings. The van der Waals surface area contributed by atoms with Crippen LogP contribution < -0.4 is 15.8 Å². The first-order valence-corrected chi connectivity index (χ1v) is 9.86. The third kappa shape index (κ3) is 3.92. The van der Waals surface area contributed by atoms with Crippen LogP contribution in [0.3, 0.4) is 0 Å². The van der Waals surface area contributed by atoms with Gasteiger partial charge in [0.2, 0.25) is 0 Å². The van der Waals surface area contributed by atoms with E-state index in [-0.39, 0.29) is 35.1 Å². The monoisotopic (exact) mass is 459 g/mol. The number of fused-ring (bicyclic) bond motifs is 1. The van der Waals surface area contributed by atoms with Gasteiger partial charge in [0.15, 0.2) is 17.2 Å². The van der Waals surface area contributed by atoms with Gasteiger partial charge in [0.25, 0.3) is 5.56 Å². The molecule has 0 aliphatic carbocycles. The molecule has 5 rings (SSSR count). The molecule has 1 aliphatic rings. The molecule has 7 nitrogen and oxygen atoms in total. The Labute approximate surface area is 188 Å². The smallest absolute Gasteiger partial charge is 0.276 e. The zero-order chi connectivity index (χ0) is 21.4. The van der Waals surface area contributed by atoms with Crippen LogP contribution in [0.5, 0.6) is 0 Å². The van der Waals surface area contributed by atoms with E-state index < -0.39 is 17.2 Å². The number of hydrogen-bond acceptors (Lipinski definition) is 5. The maximum atomic E-state index is 14.4. The second-order valence-electron chi connectivity index (χ2n) is 7.16. The Morgan fingerprint density at radius 2 is 1.72 bits per heavy atom. The van der Waals surface area contributed by atoms with Crippen LogP contribution in [0.4, 0.5) is 26.0 Å². The molecule has 0 spiro atoms. The van der Waals surface area contributed by atoms with Gasteiger partial charge >= 0.3 is 0 Å². The first kappa shape index (κ1) is 21.8. The van der Waals surface area contributed by atoms with Crippen LogP contribution in [0.15, 0.2) is 59.7 Å². The number of hydrogen-bond donors (Lipinski definition) is 2. The maximum absolute atomic E-state index is 14.4. The first-order chi connectivity index (χ1) is 15.1. The molecule has 0 radical (unpaired) electrons. The van der Waals surface area contributed by atoms with Crippen molar-refractivity contribution in [1.29, 1.82) is 0 Å².